The third kappa shape index (κ3) is 4.28. The van der Waals surface area contributed by atoms with Crippen LogP contribution in [0.3, 0.4) is 0 Å². The summed E-state index contributed by atoms with van der Waals surface area (Å²) < 4.78 is 13.6. The van der Waals surface area contributed by atoms with Gasteiger partial charge in [-0.3, -0.25) is 4.21 Å². The highest BCUT2D eigenvalue weighted by Crippen LogP contribution is 2.20. The molecule has 1 atom stereocenters. The molecule has 0 saturated heterocycles. The van der Waals surface area contributed by atoms with Gasteiger partial charge in [0.05, 0.1) is 16.6 Å². The van der Waals surface area contributed by atoms with Gasteiger partial charge >= 0.3 is 0 Å². The standard InChI is InChI=1S/C17H17IOS/c1-2-3-9-15-12-16(10-11-17(15)18)20(19)13-14-7-5-4-6-8-14/h3-12H,2,13H2,1H3/b9-3+. The van der Waals surface area contributed by atoms with E-state index in [1.807, 2.05) is 48.5 Å². The van der Waals surface area contributed by atoms with E-state index in [-0.39, 0.29) is 0 Å². The molecule has 0 aromatic heterocycles. The molecule has 0 aliphatic carbocycles. The molecule has 0 aliphatic heterocycles. The number of hydrogen-bond donors (Lipinski definition) is 0. The lowest BCUT2D eigenvalue weighted by atomic mass is 10.2. The predicted molar refractivity (Wildman–Crippen MR) is 95.0 cm³/mol. The Labute approximate surface area is 136 Å². The normalized spacial score (nSPS) is 12.7. The second-order valence-corrected chi connectivity index (χ2v) is 7.08. The molecule has 3 heteroatoms. The second-order valence-electron chi connectivity index (χ2n) is 4.47. The molecular weight excluding hydrogens is 379 g/mol. The van der Waals surface area contributed by atoms with Crippen molar-refractivity contribution in [2.75, 3.05) is 0 Å². The van der Waals surface area contributed by atoms with Crippen molar-refractivity contribution >= 4 is 39.5 Å². The van der Waals surface area contributed by atoms with E-state index < -0.39 is 10.8 Å². The lowest BCUT2D eigenvalue weighted by Gasteiger charge is -2.06. The van der Waals surface area contributed by atoms with Crippen LogP contribution in [-0.2, 0) is 16.6 Å². The summed E-state index contributed by atoms with van der Waals surface area (Å²) in [6, 6.07) is 16.0. The van der Waals surface area contributed by atoms with E-state index in [1.165, 1.54) is 3.57 Å². The molecular formula is C17H17IOS. The molecule has 2 aromatic carbocycles. The van der Waals surface area contributed by atoms with Gasteiger partial charge in [0.25, 0.3) is 0 Å². The molecule has 2 aromatic rings. The predicted octanol–water partition coefficient (Wildman–Crippen LogP) is 5.02. The molecule has 0 aliphatic rings. The van der Waals surface area contributed by atoms with Gasteiger partial charge in [-0.2, -0.15) is 0 Å². The van der Waals surface area contributed by atoms with Crippen LogP contribution in [0.4, 0.5) is 0 Å². The van der Waals surface area contributed by atoms with Crippen LogP contribution in [0, 0.1) is 3.57 Å². The number of rotatable bonds is 5. The van der Waals surface area contributed by atoms with E-state index in [2.05, 4.69) is 41.7 Å². The Bertz CT molecular complexity index is 620. The van der Waals surface area contributed by atoms with Crippen molar-refractivity contribution in [3.05, 3.63) is 69.3 Å². The first kappa shape index (κ1) is 15.4. The van der Waals surface area contributed by atoms with Crippen molar-refractivity contribution in [2.45, 2.75) is 24.0 Å². The minimum Gasteiger partial charge on any atom is -0.254 e. The zero-order valence-corrected chi connectivity index (χ0v) is 14.4. The molecule has 104 valence electrons. The fourth-order valence-corrected chi connectivity index (χ4v) is 3.50. The molecule has 0 fully saturated rings. The highest BCUT2D eigenvalue weighted by molar-refractivity contribution is 14.1. The molecule has 0 heterocycles. The van der Waals surface area contributed by atoms with Gasteiger partial charge in [-0.05, 0) is 58.3 Å². The molecule has 0 radical (unpaired) electrons. The Kier molecular flexibility index (Phi) is 5.98. The Hall–Kier alpha value is -0.940. The number of halogens is 1. The first-order valence-corrected chi connectivity index (χ1v) is 8.99. The Morgan fingerprint density at radius 1 is 1.15 bits per heavy atom. The summed E-state index contributed by atoms with van der Waals surface area (Å²) in [6.07, 6.45) is 5.24. The first-order chi connectivity index (χ1) is 9.70. The third-order valence-corrected chi connectivity index (χ3v) is 5.26. The molecule has 0 bridgehead atoms. The Morgan fingerprint density at radius 3 is 2.60 bits per heavy atom. The van der Waals surface area contributed by atoms with Gasteiger partial charge in [0.15, 0.2) is 0 Å². The molecule has 0 N–H and O–H groups in total. The number of benzene rings is 2. The highest BCUT2D eigenvalue weighted by Gasteiger charge is 2.07. The summed E-state index contributed by atoms with van der Waals surface area (Å²) in [6.45, 7) is 2.11. The fourth-order valence-electron chi connectivity index (χ4n) is 1.84. The van der Waals surface area contributed by atoms with Crippen LogP contribution in [0.2, 0.25) is 0 Å². The van der Waals surface area contributed by atoms with Crippen molar-refractivity contribution in [2.24, 2.45) is 0 Å². The summed E-state index contributed by atoms with van der Waals surface area (Å²) in [7, 11) is -0.996. The first-order valence-electron chi connectivity index (χ1n) is 6.59. The molecule has 20 heavy (non-hydrogen) atoms. The minimum atomic E-state index is -0.996. The molecule has 0 spiro atoms. The summed E-state index contributed by atoms with van der Waals surface area (Å²) in [5, 5.41) is 0. The molecule has 2 rings (SSSR count). The van der Waals surface area contributed by atoms with Gasteiger partial charge in [-0.15, -0.1) is 0 Å². The van der Waals surface area contributed by atoms with Gasteiger partial charge in [0, 0.05) is 8.47 Å². The van der Waals surface area contributed by atoms with Crippen LogP contribution in [0.5, 0.6) is 0 Å². The van der Waals surface area contributed by atoms with Crippen molar-refractivity contribution in [1.29, 1.82) is 0 Å². The summed E-state index contributed by atoms with van der Waals surface area (Å²) in [5.41, 5.74) is 2.25. The maximum Gasteiger partial charge on any atom is 0.0574 e. The van der Waals surface area contributed by atoms with E-state index in [9.17, 15) is 4.21 Å². The van der Waals surface area contributed by atoms with Crippen LogP contribution in [-0.4, -0.2) is 4.21 Å². The average Bonchev–Trinajstić information content (AvgIpc) is 2.47. The largest absolute Gasteiger partial charge is 0.254 e. The number of hydrogen-bond acceptors (Lipinski definition) is 1. The van der Waals surface area contributed by atoms with Gasteiger partial charge in [0.1, 0.15) is 0 Å². The Morgan fingerprint density at radius 2 is 1.90 bits per heavy atom. The maximum absolute atomic E-state index is 12.4. The molecule has 0 amide bonds. The lowest BCUT2D eigenvalue weighted by molar-refractivity contribution is 0.682. The van der Waals surface area contributed by atoms with Gasteiger partial charge in [0.2, 0.25) is 0 Å². The van der Waals surface area contributed by atoms with Crippen molar-refractivity contribution in [3.8, 4) is 0 Å². The summed E-state index contributed by atoms with van der Waals surface area (Å²) in [4.78, 5) is 0.894. The minimum absolute atomic E-state index is 0.568. The second kappa shape index (κ2) is 7.74. The van der Waals surface area contributed by atoms with E-state index in [1.54, 1.807) is 0 Å². The smallest absolute Gasteiger partial charge is 0.0574 e. The van der Waals surface area contributed by atoms with Gasteiger partial charge in [-0.25, -0.2) is 0 Å². The highest BCUT2D eigenvalue weighted by atomic mass is 127. The number of allylic oxidation sites excluding steroid dienone is 1. The van der Waals surface area contributed by atoms with Crippen LogP contribution < -0.4 is 0 Å². The van der Waals surface area contributed by atoms with E-state index >= 15 is 0 Å². The van der Waals surface area contributed by atoms with Crippen molar-refractivity contribution in [3.63, 3.8) is 0 Å². The average molecular weight is 396 g/mol. The zero-order valence-electron chi connectivity index (χ0n) is 11.4. The zero-order chi connectivity index (χ0) is 14.4. The molecule has 1 unspecified atom stereocenters. The Balaban J connectivity index is 2.20. The van der Waals surface area contributed by atoms with E-state index in [4.69, 9.17) is 0 Å². The lowest BCUT2D eigenvalue weighted by Crippen LogP contribution is -1.97. The van der Waals surface area contributed by atoms with Crippen LogP contribution in [0.15, 0.2) is 59.5 Å². The molecule has 1 nitrogen and oxygen atoms in total. The summed E-state index contributed by atoms with van der Waals surface area (Å²) in [5.74, 6) is 0.568. The van der Waals surface area contributed by atoms with Crippen LogP contribution in [0.25, 0.3) is 6.08 Å². The van der Waals surface area contributed by atoms with E-state index in [0.29, 0.717) is 5.75 Å². The third-order valence-electron chi connectivity index (χ3n) is 2.90. The fraction of sp³-hybridized carbons (Fsp3) is 0.176. The van der Waals surface area contributed by atoms with Crippen LogP contribution >= 0.6 is 22.6 Å². The quantitative estimate of drug-likeness (QED) is 0.649. The molecule has 0 saturated carbocycles. The topological polar surface area (TPSA) is 17.1 Å². The summed E-state index contributed by atoms with van der Waals surface area (Å²) >= 11 is 2.31. The van der Waals surface area contributed by atoms with Crippen molar-refractivity contribution < 1.29 is 4.21 Å². The van der Waals surface area contributed by atoms with Gasteiger partial charge in [-0.1, -0.05) is 49.4 Å². The van der Waals surface area contributed by atoms with E-state index in [0.717, 1.165) is 22.4 Å². The van der Waals surface area contributed by atoms with Crippen molar-refractivity contribution in [1.82, 2.24) is 0 Å². The maximum atomic E-state index is 12.4. The van der Waals surface area contributed by atoms with Crippen LogP contribution in [0.1, 0.15) is 24.5 Å². The van der Waals surface area contributed by atoms with Gasteiger partial charge < -0.3 is 0 Å². The monoisotopic (exact) mass is 396 g/mol. The SMILES string of the molecule is CC/C=C/c1cc(S(=O)Cc2ccccc2)ccc1I.